The van der Waals surface area contributed by atoms with Gasteiger partial charge in [-0.1, -0.05) is 50.2 Å². The Labute approximate surface area is 234 Å². The number of hydrogen-bond acceptors (Lipinski definition) is 8. The second-order valence-electron chi connectivity index (χ2n) is 9.94. The number of esters is 1. The van der Waals surface area contributed by atoms with Crippen LogP contribution < -0.4 is 10.1 Å². The Morgan fingerprint density at radius 2 is 1.73 bits per heavy atom. The molecule has 4 rings (SSSR count). The van der Waals surface area contributed by atoms with Crippen molar-refractivity contribution < 1.29 is 33.8 Å². The number of rotatable bonds is 8. The predicted molar refractivity (Wildman–Crippen MR) is 151 cm³/mol. The summed E-state index contributed by atoms with van der Waals surface area (Å²) >= 11 is 0. The van der Waals surface area contributed by atoms with Crippen molar-refractivity contribution in [3.05, 3.63) is 65.7 Å². The number of nitrogens with zero attached hydrogens (tertiary/aromatic N) is 2. The fraction of sp³-hybridized carbons (Fsp3) is 0.400. The zero-order chi connectivity index (χ0) is 29.1. The average molecular weight is 552 g/mol. The van der Waals surface area contributed by atoms with Gasteiger partial charge in [-0.15, -0.1) is 0 Å². The second kappa shape index (κ2) is 14.7. The topological polar surface area (TPSA) is 127 Å². The molecule has 1 heterocycles. The highest BCUT2D eigenvalue weighted by atomic mass is 16.5. The summed E-state index contributed by atoms with van der Waals surface area (Å²) in [5, 5.41) is 15.3. The number of nitrogens with one attached hydrogen (secondary N) is 1. The van der Waals surface area contributed by atoms with Crippen LogP contribution in [0.1, 0.15) is 44.7 Å². The lowest BCUT2D eigenvalue weighted by Gasteiger charge is -2.22. The summed E-state index contributed by atoms with van der Waals surface area (Å²) in [5.41, 5.74) is 4.15. The zero-order valence-corrected chi connectivity index (χ0v) is 23.4. The van der Waals surface area contributed by atoms with Crippen molar-refractivity contribution in [2.24, 2.45) is 11.1 Å². The van der Waals surface area contributed by atoms with Gasteiger partial charge >= 0.3 is 12.1 Å². The standard InChI is InChI=1S/C26H27N3O7.C4H10/c1-34-25(31)22-9-6-12-29(22)23(30)16-27-26(32)36-14-5-4-13-35-17-10-11-19-18-7-2-3-8-20(18)24(28-33)21(19)15-17;1-4(2)3/h2-5,7-8,10-11,15,22,33H,6,9,12-14,16H2,1H3,(H,27,32);4H,1-3H3/b5-4+,28-24-;. The first-order chi connectivity index (χ1) is 19.3. The van der Waals surface area contributed by atoms with Gasteiger partial charge in [0.1, 0.15) is 37.3 Å². The fourth-order valence-corrected chi connectivity index (χ4v) is 4.37. The lowest BCUT2D eigenvalue weighted by atomic mass is 10.1. The average Bonchev–Trinajstić information content (AvgIpc) is 3.55. The van der Waals surface area contributed by atoms with Crippen molar-refractivity contribution in [3.63, 3.8) is 0 Å². The Bertz CT molecular complexity index is 1250. The van der Waals surface area contributed by atoms with Gasteiger partial charge in [0.05, 0.1) is 7.11 Å². The third-order valence-electron chi connectivity index (χ3n) is 6.07. The van der Waals surface area contributed by atoms with E-state index >= 15 is 0 Å². The van der Waals surface area contributed by atoms with E-state index in [-0.39, 0.29) is 25.7 Å². The smallest absolute Gasteiger partial charge is 0.407 e. The molecule has 1 saturated heterocycles. The van der Waals surface area contributed by atoms with Crippen LogP contribution in [-0.2, 0) is 19.1 Å². The Morgan fingerprint density at radius 1 is 1.05 bits per heavy atom. The minimum Gasteiger partial charge on any atom is -0.490 e. The normalized spacial score (nSPS) is 16.3. The molecule has 2 aromatic rings. The summed E-state index contributed by atoms with van der Waals surface area (Å²) in [6.07, 6.45) is 3.84. The number of hydrogen-bond donors (Lipinski definition) is 2. The Kier molecular flexibility index (Phi) is 11.1. The minimum absolute atomic E-state index is 0.00129. The molecule has 2 aliphatic rings. The third-order valence-corrected chi connectivity index (χ3v) is 6.07. The summed E-state index contributed by atoms with van der Waals surface area (Å²) in [6, 6.07) is 12.7. The van der Waals surface area contributed by atoms with Crippen LogP contribution in [0, 0.1) is 5.92 Å². The van der Waals surface area contributed by atoms with E-state index in [0.29, 0.717) is 30.8 Å². The molecule has 0 radical (unpaired) electrons. The van der Waals surface area contributed by atoms with Crippen molar-refractivity contribution in [1.82, 2.24) is 10.2 Å². The van der Waals surface area contributed by atoms with Crippen molar-refractivity contribution in [2.45, 2.75) is 39.7 Å². The molecule has 1 aliphatic heterocycles. The van der Waals surface area contributed by atoms with Gasteiger partial charge in [-0.2, -0.15) is 0 Å². The van der Waals surface area contributed by atoms with Crippen LogP contribution >= 0.6 is 0 Å². The highest BCUT2D eigenvalue weighted by Gasteiger charge is 2.34. The molecule has 214 valence electrons. The number of alkyl carbamates (subject to hydrolysis) is 1. The van der Waals surface area contributed by atoms with Gasteiger partial charge in [-0.3, -0.25) is 4.79 Å². The monoisotopic (exact) mass is 551 g/mol. The number of methoxy groups -OCH3 is 1. The second-order valence-corrected chi connectivity index (χ2v) is 9.94. The van der Waals surface area contributed by atoms with Gasteiger partial charge in [0.2, 0.25) is 5.91 Å². The van der Waals surface area contributed by atoms with Crippen LogP contribution in [0.5, 0.6) is 5.75 Å². The summed E-state index contributed by atoms with van der Waals surface area (Å²) in [6.45, 7) is 6.92. The maximum atomic E-state index is 12.3. The number of ether oxygens (including phenoxy) is 3. The molecule has 1 fully saturated rings. The van der Waals surface area contributed by atoms with Crippen LogP contribution in [0.15, 0.2) is 59.8 Å². The molecule has 0 bridgehead atoms. The molecular formula is C30H37N3O7. The summed E-state index contributed by atoms with van der Waals surface area (Å²) < 4.78 is 15.5. The van der Waals surface area contributed by atoms with E-state index in [9.17, 15) is 19.6 Å². The Morgan fingerprint density at radius 3 is 2.42 bits per heavy atom. The molecule has 1 unspecified atom stereocenters. The van der Waals surface area contributed by atoms with Crippen LogP contribution in [0.25, 0.3) is 11.1 Å². The molecular weight excluding hydrogens is 514 g/mol. The highest BCUT2D eigenvalue weighted by molar-refractivity contribution is 6.24. The molecule has 10 heteroatoms. The summed E-state index contributed by atoms with van der Waals surface area (Å²) in [5.74, 6) is 0.620. The van der Waals surface area contributed by atoms with Gasteiger partial charge < -0.3 is 29.6 Å². The number of carbonyl (C=O) groups excluding carboxylic acids is 3. The first-order valence-corrected chi connectivity index (χ1v) is 13.3. The SMILES string of the molecule is CC(C)C.COC(=O)C1CCCN1C(=O)CNC(=O)OC/C=C/COc1ccc2c(c1)/C(=N\O)c1ccccc1-2. The largest absolute Gasteiger partial charge is 0.490 e. The first-order valence-electron chi connectivity index (χ1n) is 13.3. The van der Waals surface area contributed by atoms with Crippen molar-refractivity contribution in [1.29, 1.82) is 0 Å². The Hall–Kier alpha value is -4.34. The molecule has 10 nitrogen and oxygen atoms in total. The number of benzene rings is 2. The van der Waals surface area contributed by atoms with Crippen molar-refractivity contribution in [3.8, 4) is 16.9 Å². The zero-order valence-electron chi connectivity index (χ0n) is 23.4. The number of oxime groups is 1. The van der Waals surface area contributed by atoms with Crippen molar-refractivity contribution >= 4 is 23.7 Å². The van der Waals surface area contributed by atoms with E-state index in [1.807, 2.05) is 42.5 Å². The molecule has 0 spiro atoms. The van der Waals surface area contributed by atoms with Gasteiger partial charge in [-0.05, 0) is 60.2 Å². The molecule has 1 atom stereocenters. The highest BCUT2D eigenvalue weighted by Crippen LogP contribution is 2.38. The molecule has 1 aliphatic carbocycles. The van der Waals surface area contributed by atoms with Gasteiger partial charge in [0.15, 0.2) is 0 Å². The van der Waals surface area contributed by atoms with Gasteiger partial charge in [0.25, 0.3) is 0 Å². The summed E-state index contributed by atoms with van der Waals surface area (Å²) in [7, 11) is 1.28. The maximum Gasteiger partial charge on any atom is 0.407 e. The van der Waals surface area contributed by atoms with Crippen LogP contribution in [0.4, 0.5) is 4.79 Å². The van der Waals surface area contributed by atoms with Crippen molar-refractivity contribution in [2.75, 3.05) is 33.4 Å². The first kappa shape index (κ1) is 30.2. The minimum atomic E-state index is -0.739. The van der Waals surface area contributed by atoms with E-state index < -0.39 is 18.1 Å². The molecule has 2 N–H and O–H groups in total. The Balaban J connectivity index is 0.00000103. The van der Waals surface area contributed by atoms with Crippen LogP contribution in [-0.4, -0.2) is 73.2 Å². The van der Waals surface area contributed by atoms with Gasteiger partial charge in [-0.25, -0.2) is 9.59 Å². The number of amides is 2. The fourth-order valence-electron chi connectivity index (χ4n) is 4.37. The number of carbonyl (C=O) groups is 3. The quantitative estimate of drug-likeness (QED) is 0.184. The molecule has 40 heavy (non-hydrogen) atoms. The summed E-state index contributed by atoms with van der Waals surface area (Å²) in [4.78, 5) is 37.3. The lowest BCUT2D eigenvalue weighted by molar-refractivity contribution is -0.150. The van der Waals surface area contributed by atoms with E-state index in [0.717, 1.165) is 28.2 Å². The van der Waals surface area contributed by atoms with Crippen LogP contribution in [0.3, 0.4) is 0 Å². The lowest BCUT2D eigenvalue weighted by Crippen LogP contribution is -2.45. The van der Waals surface area contributed by atoms with E-state index in [1.165, 1.54) is 12.0 Å². The number of fused-ring (bicyclic) bond motifs is 3. The molecule has 2 aromatic carbocycles. The van der Waals surface area contributed by atoms with E-state index in [1.54, 1.807) is 12.2 Å². The molecule has 2 amide bonds. The van der Waals surface area contributed by atoms with E-state index in [2.05, 4.69) is 31.2 Å². The van der Waals surface area contributed by atoms with E-state index in [4.69, 9.17) is 14.2 Å². The molecule has 0 saturated carbocycles. The predicted octanol–water partition coefficient (Wildman–Crippen LogP) is 4.38. The molecule has 0 aromatic heterocycles. The van der Waals surface area contributed by atoms with Gasteiger partial charge in [0, 0.05) is 17.7 Å². The van der Waals surface area contributed by atoms with Crippen LogP contribution in [0.2, 0.25) is 0 Å². The number of likely N-dealkylation sites (tertiary alicyclic amines) is 1. The maximum absolute atomic E-state index is 12.3. The third kappa shape index (κ3) is 7.84.